The molecule has 62 heavy (non-hydrogen) atoms. The molecule has 11 aromatic rings. The molecule has 0 unspecified atom stereocenters. The topological polar surface area (TPSA) is 3.24 Å². The van der Waals surface area contributed by atoms with Crippen molar-refractivity contribution in [1.29, 1.82) is 0 Å². The Kier molecular flexibility index (Phi) is 8.27. The number of para-hydroxylation sites is 1. The summed E-state index contributed by atoms with van der Waals surface area (Å²) in [7, 11) is 0. The minimum absolute atomic E-state index is 0.171. The summed E-state index contributed by atoms with van der Waals surface area (Å²) in [5.41, 5.74) is 15.7. The van der Waals surface area contributed by atoms with Crippen molar-refractivity contribution < 1.29 is 0 Å². The van der Waals surface area contributed by atoms with Crippen molar-refractivity contribution in [3.63, 3.8) is 0 Å². The highest BCUT2D eigenvalue weighted by atomic mass is 15.1. The van der Waals surface area contributed by atoms with Gasteiger partial charge in [0.15, 0.2) is 0 Å². The number of hydrogen-bond donors (Lipinski definition) is 0. The van der Waals surface area contributed by atoms with Crippen molar-refractivity contribution in [2.75, 3.05) is 4.90 Å². The highest BCUT2D eigenvalue weighted by molar-refractivity contribution is 6.17. The average molecular weight is 790 g/mol. The number of benzene rings is 11. The smallest absolute Gasteiger partial charge is 0.0546 e. The maximum atomic E-state index is 2.55. The molecule has 1 aliphatic rings. The molecule has 11 aromatic carbocycles. The maximum Gasteiger partial charge on any atom is 0.0546 e. The van der Waals surface area contributed by atoms with Crippen molar-refractivity contribution in [3.8, 4) is 44.5 Å². The summed E-state index contributed by atoms with van der Waals surface area (Å²) in [5, 5.41) is 9.89. The number of anilines is 3. The van der Waals surface area contributed by atoms with E-state index in [1.807, 2.05) is 0 Å². The third-order valence-electron chi connectivity index (χ3n) is 13.4. The Balaban J connectivity index is 1.20. The lowest BCUT2D eigenvalue weighted by molar-refractivity contribution is 0.660. The quantitative estimate of drug-likeness (QED) is 0.152. The molecule has 0 heterocycles. The van der Waals surface area contributed by atoms with Gasteiger partial charge in [0.1, 0.15) is 0 Å². The monoisotopic (exact) mass is 789 g/mol. The van der Waals surface area contributed by atoms with Crippen LogP contribution in [0.3, 0.4) is 0 Å². The van der Waals surface area contributed by atoms with Gasteiger partial charge < -0.3 is 4.90 Å². The normalized spacial score (nSPS) is 12.8. The van der Waals surface area contributed by atoms with Gasteiger partial charge in [0.25, 0.3) is 0 Å². The number of hydrogen-bond acceptors (Lipinski definition) is 1. The molecule has 1 aliphatic carbocycles. The van der Waals surface area contributed by atoms with E-state index in [1.165, 1.54) is 98.7 Å². The van der Waals surface area contributed by atoms with Crippen LogP contribution >= 0.6 is 0 Å². The Morgan fingerprint density at radius 2 is 0.839 bits per heavy atom. The molecule has 0 amide bonds. The molecule has 0 N–H and O–H groups in total. The van der Waals surface area contributed by atoms with Crippen LogP contribution in [-0.4, -0.2) is 0 Å². The summed E-state index contributed by atoms with van der Waals surface area (Å²) >= 11 is 0. The molecule has 0 saturated heterocycles. The third kappa shape index (κ3) is 5.70. The largest absolute Gasteiger partial charge is 0.309 e. The fourth-order valence-corrected chi connectivity index (χ4v) is 10.4. The lowest BCUT2D eigenvalue weighted by Crippen LogP contribution is -2.17. The summed E-state index contributed by atoms with van der Waals surface area (Å²) in [5.74, 6) is 0. The number of fused-ring (bicyclic) bond motifs is 8. The Morgan fingerprint density at radius 3 is 1.58 bits per heavy atom. The zero-order chi connectivity index (χ0) is 41.4. The van der Waals surface area contributed by atoms with Gasteiger partial charge >= 0.3 is 0 Å². The molecule has 0 fully saturated rings. The predicted molar refractivity (Wildman–Crippen MR) is 265 cm³/mol. The summed E-state index contributed by atoms with van der Waals surface area (Å²) in [6.45, 7) is 4.75. The van der Waals surface area contributed by atoms with Gasteiger partial charge in [-0.25, -0.2) is 0 Å². The Morgan fingerprint density at radius 1 is 0.306 bits per heavy atom. The molecule has 0 radical (unpaired) electrons. The predicted octanol–water partition coefficient (Wildman–Crippen LogP) is 17.1. The molecule has 0 saturated carbocycles. The van der Waals surface area contributed by atoms with Crippen LogP contribution in [0.2, 0.25) is 0 Å². The number of rotatable bonds is 6. The van der Waals surface area contributed by atoms with Gasteiger partial charge in [-0.3, -0.25) is 0 Å². The van der Waals surface area contributed by atoms with Gasteiger partial charge in [0.05, 0.1) is 11.4 Å². The molecule has 0 spiro atoms. The van der Waals surface area contributed by atoms with Crippen LogP contribution in [0.1, 0.15) is 25.0 Å². The van der Waals surface area contributed by atoms with E-state index in [2.05, 4.69) is 243 Å². The SMILES string of the molecule is CC1(C)c2ccccc2-c2ccc(N(c3ccccc3-c3ccc4ccccc4c3)c3cccc(-c4ccc5ccccc5c4)c3-c3cc4ccccc4c4ccccc34)cc21. The second-order valence-corrected chi connectivity index (χ2v) is 17.3. The summed E-state index contributed by atoms with van der Waals surface area (Å²) in [6, 6.07) is 83.4. The van der Waals surface area contributed by atoms with Crippen molar-refractivity contribution in [3.05, 3.63) is 236 Å². The molecule has 0 aliphatic heterocycles. The molecule has 0 bridgehead atoms. The second-order valence-electron chi connectivity index (χ2n) is 17.3. The molecule has 292 valence electrons. The van der Waals surface area contributed by atoms with Gasteiger partial charge in [-0.2, -0.15) is 0 Å². The standard InChI is InChI=1S/C61H43N/c1-61(2)56-27-13-11-25-53(56)54-35-34-47(39-57(54)61)62(58-28-14-12-22-49(58)45-32-30-40-16-3-5-18-42(40)36-45)59-29-15-26-50(46-33-31-41-17-4-6-19-43(41)37-46)60(59)55-38-44-20-7-8-21-48(44)51-23-9-10-24-52(51)55/h3-39H,1-2H3. The Bertz CT molecular complexity index is 3570. The van der Waals surface area contributed by atoms with E-state index in [4.69, 9.17) is 0 Å². The van der Waals surface area contributed by atoms with Crippen molar-refractivity contribution >= 4 is 60.2 Å². The zero-order valence-electron chi connectivity index (χ0n) is 34.8. The zero-order valence-corrected chi connectivity index (χ0v) is 34.8. The van der Waals surface area contributed by atoms with Crippen LogP contribution in [0.15, 0.2) is 224 Å². The molecule has 0 aromatic heterocycles. The third-order valence-corrected chi connectivity index (χ3v) is 13.4. The van der Waals surface area contributed by atoms with E-state index in [-0.39, 0.29) is 5.41 Å². The highest BCUT2D eigenvalue weighted by Crippen LogP contribution is 2.54. The van der Waals surface area contributed by atoms with Gasteiger partial charge in [0, 0.05) is 22.2 Å². The Hall–Kier alpha value is -7.74. The van der Waals surface area contributed by atoms with Crippen molar-refractivity contribution in [2.24, 2.45) is 0 Å². The lowest BCUT2D eigenvalue weighted by Gasteiger charge is -2.32. The highest BCUT2D eigenvalue weighted by Gasteiger charge is 2.36. The first-order valence-electron chi connectivity index (χ1n) is 21.7. The van der Waals surface area contributed by atoms with Gasteiger partial charge in [-0.1, -0.05) is 196 Å². The summed E-state index contributed by atoms with van der Waals surface area (Å²) in [6.07, 6.45) is 0. The van der Waals surface area contributed by atoms with Crippen LogP contribution in [0.25, 0.3) is 87.6 Å². The first-order chi connectivity index (χ1) is 30.5. The summed E-state index contributed by atoms with van der Waals surface area (Å²) in [4.78, 5) is 2.55. The van der Waals surface area contributed by atoms with E-state index in [9.17, 15) is 0 Å². The van der Waals surface area contributed by atoms with Crippen LogP contribution in [0.5, 0.6) is 0 Å². The fourth-order valence-electron chi connectivity index (χ4n) is 10.4. The molecule has 0 atom stereocenters. The van der Waals surface area contributed by atoms with Crippen molar-refractivity contribution in [1.82, 2.24) is 0 Å². The van der Waals surface area contributed by atoms with Gasteiger partial charge in [0.2, 0.25) is 0 Å². The molecular weight excluding hydrogens is 747 g/mol. The van der Waals surface area contributed by atoms with Crippen LogP contribution in [0, 0.1) is 0 Å². The fraction of sp³-hybridized carbons (Fsp3) is 0.0492. The van der Waals surface area contributed by atoms with E-state index >= 15 is 0 Å². The lowest BCUT2D eigenvalue weighted by atomic mass is 9.82. The van der Waals surface area contributed by atoms with E-state index in [0.29, 0.717) is 0 Å². The van der Waals surface area contributed by atoms with Crippen LogP contribution < -0.4 is 4.90 Å². The molecule has 12 rings (SSSR count). The number of nitrogens with zero attached hydrogens (tertiary/aromatic N) is 1. The Labute approximate surface area is 362 Å². The maximum absolute atomic E-state index is 2.55. The van der Waals surface area contributed by atoms with Crippen LogP contribution in [0.4, 0.5) is 17.1 Å². The molecule has 1 heteroatoms. The average Bonchev–Trinajstić information content (AvgIpc) is 3.56. The van der Waals surface area contributed by atoms with Crippen LogP contribution in [-0.2, 0) is 5.41 Å². The van der Waals surface area contributed by atoms with Crippen molar-refractivity contribution in [2.45, 2.75) is 19.3 Å². The van der Waals surface area contributed by atoms with Gasteiger partial charge in [-0.15, -0.1) is 0 Å². The van der Waals surface area contributed by atoms with Gasteiger partial charge in [-0.05, 0) is 130 Å². The molecular formula is C61H43N. The summed E-state index contributed by atoms with van der Waals surface area (Å²) < 4.78 is 0. The second kappa shape index (κ2) is 14.2. The first kappa shape index (κ1) is 36.1. The van der Waals surface area contributed by atoms with E-state index in [1.54, 1.807) is 0 Å². The van der Waals surface area contributed by atoms with E-state index in [0.717, 1.165) is 17.1 Å². The first-order valence-corrected chi connectivity index (χ1v) is 21.7. The minimum atomic E-state index is -0.171. The molecule has 1 nitrogen and oxygen atoms in total. The van der Waals surface area contributed by atoms with E-state index < -0.39 is 0 Å². The minimum Gasteiger partial charge on any atom is -0.309 e.